The number of ether oxygens (including phenoxy) is 1. The summed E-state index contributed by atoms with van der Waals surface area (Å²) in [6.45, 7) is 8.03. The van der Waals surface area contributed by atoms with Gasteiger partial charge in [0.15, 0.2) is 0 Å². The van der Waals surface area contributed by atoms with Gasteiger partial charge in [0.2, 0.25) is 0 Å². The highest BCUT2D eigenvalue weighted by molar-refractivity contribution is 6.62. The van der Waals surface area contributed by atoms with Gasteiger partial charge >= 0.3 is 8.80 Å². The van der Waals surface area contributed by atoms with E-state index in [0.29, 0.717) is 37.6 Å². The average Bonchev–Trinajstić information content (AvgIpc) is 3.07. The van der Waals surface area contributed by atoms with Crippen molar-refractivity contribution in [1.82, 2.24) is 0 Å². The van der Waals surface area contributed by atoms with E-state index in [1.165, 1.54) is 0 Å². The Labute approximate surface area is 105 Å². The Kier molecular flexibility index (Phi) is 4.60. The van der Waals surface area contributed by atoms with Gasteiger partial charge in [0.1, 0.15) is 0 Å². The van der Waals surface area contributed by atoms with E-state index in [2.05, 4.69) is 0 Å². The van der Waals surface area contributed by atoms with Crippen molar-refractivity contribution in [1.29, 1.82) is 0 Å². The molecule has 2 aliphatic rings. The summed E-state index contributed by atoms with van der Waals surface area (Å²) in [5.41, 5.74) is 0.422. The van der Waals surface area contributed by atoms with E-state index < -0.39 is 8.80 Å². The lowest BCUT2D eigenvalue weighted by Crippen LogP contribution is -2.51. The summed E-state index contributed by atoms with van der Waals surface area (Å²) in [6, 6.07) is 0. The fourth-order valence-electron chi connectivity index (χ4n) is 2.81. The Bertz CT molecular complexity index is 232. The van der Waals surface area contributed by atoms with Gasteiger partial charge in [-0.05, 0) is 40.0 Å². The summed E-state index contributed by atoms with van der Waals surface area (Å²) >= 11 is 0. The van der Waals surface area contributed by atoms with Crippen LogP contribution in [0.25, 0.3) is 0 Å². The fraction of sp³-hybridized carbons (Fsp3) is 1.00. The molecule has 1 aliphatic heterocycles. The van der Waals surface area contributed by atoms with Crippen LogP contribution in [0, 0.1) is 0 Å². The molecule has 0 spiro atoms. The SMILES string of the molecule is CCO[Si](OCC)(OCC)C1CCC2OC2C1. The van der Waals surface area contributed by atoms with Crippen molar-refractivity contribution in [2.45, 2.75) is 57.8 Å². The first-order chi connectivity index (χ1) is 8.25. The predicted octanol–water partition coefficient (Wildman–Crippen LogP) is 2.36. The van der Waals surface area contributed by atoms with Crippen LogP contribution in [0.4, 0.5) is 0 Å². The third-order valence-electron chi connectivity index (χ3n) is 3.54. The van der Waals surface area contributed by atoms with E-state index in [0.717, 1.165) is 19.3 Å². The smallest absolute Gasteiger partial charge is 0.374 e. The summed E-state index contributed by atoms with van der Waals surface area (Å²) in [7, 11) is -2.49. The molecule has 3 unspecified atom stereocenters. The van der Waals surface area contributed by atoms with Crippen LogP contribution >= 0.6 is 0 Å². The topological polar surface area (TPSA) is 40.2 Å². The van der Waals surface area contributed by atoms with E-state index in [-0.39, 0.29) is 0 Å². The van der Waals surface area contributed by atoms with Gasteiger partial charge in [-0.2, -0.15) is 0 Å². The van der Waals surface area contributed by atoms with Crippen LogP contribution in [-0.2, 0) is 18.0 Å². The summed E-state index contributed by atoms with van der Waals surface area (Å²) < 4.78 is 23.5. The highest BCUT2D eigenvalue weighted by Gasteiger charge is 2.56. The molecule has 1 heterocycles. The number of hydrogen-bond donors (Lipinski definition) is 0. The van der Waals surface area contributed by atoms with Crippen LogP contribution in [0.1, 0.15) is 40.0 Å². The molecule has 0 aromatic carbocycles. The van der Waals surface area contributed by atoms with Gasteiger partial charge < -0.3 is 18.0 Å². The van der Waals surface area contributed by atoms with Crippen molar-refractivity contribution in [2.75, 3.05) is 19.8 Å². The Morgan fingerprint density at radius 2 is 1.53 bits per heavy atom. The molecule has 1 saturated heterocycles. The van der Waals surface area contributed by atoms with Gasteiger partial charge in [-0.15, -0.1) is 0 Å². The second-order valence-electron chi connectivity index (χ2n) is 4.63. The zero-order valence-corrected chi connectivity index (χ0v) is 12.1. The molecular formula is C12H24O4Si. The molecule has 2 rings (SSSR count). The molecular weight excluding hydrogens is 236 g/mol. The molecule has 17 heavy (non-hydrogen) atoms. The zero-order valence-electron chi connectivity index (χ0n) is 11.1. The monoisotopic (exact) mass is 260 g/mol. The Hall–Kier alpha value is 0.0569. The van der Waals surface area contributed by atoms with Gasteiger partial charge in [-0.25, -0.2) is 0 Å². The van der Waals surface area contributed by atoms with E-state index in [1.807, 2.05) is 20.8 Å². The molecule has 0 N–H and O–H groups in total. The molecule has 0 aromatic heterocycles. The van der Waals surface area contributed by atoms with Crippen LogP contribution < -0.4 is 0 Å². The number of epoxide rings is 1. The standard InChI is InChI=1S/C12H24O4Si/c1-4-13-17(14-5-2,15-6-3)10-7-8-11-12(9-10)16-11/h10-12H,4-9H2,1-3H3. The lowest BCUT2D eigenvalue weighted by atomic mass is 10.0. The highest BCUT2D eigenvalue weighted by atomic mass is 28.4. The molecule has 0 radical (unpaired) electrons. The number of rotatable bonds is 7. The maximum Gasteiger partial charge on any atom is 0.504 e. The van der Waals surface area contributed by atoms with Crippen LogP contribution in [0.15, 0.2) is 0 Å². The Morgan fingerprint density at radius 3 is 2.00 bits per heavy atom. The van der Waals surface area contributed by atoms with Gasteiger partial charge in [-0.3, -0.25) is 0 Å². The van der Waals surface area contributed by atoms with Gasteiger partial charge in [0.05, 0.1) is 12.2 Å². The minimum Gasteiger partial charge on any atom is -0.374 e. The molecule has 1 saturated carbocycles. The van der Waals surface area contributed by atoms with E-state index in [4.69, 9.17) is 18.0 Å². The third kappa shape index (κ3) is 2.90. The Balaban J connectivity index is 2.04. The van der Waals surface area contributed by atoms with Crippen molar-refractivity contribution in [3.63, 3.8) is 0 Å². The van der Waals surface area contributed by atoms with Crippen molar-refractivity contribution in [3.05, 3.63) is 0 Å². The lowest BCUT2D eigenvalue weighted by molar-refractivity contribution is 0.0570. The highest BCUT2D eigenvalue weighted by Crippen LogP contribution is 2.47. The van der Waals surface area contributed by atoms with Crippen LogP contribution in [0.5, 0.6) is 0 Å². The number of hydrogen-bond acceptors (Lipinski definition) is 4. The van der Waals surface area contributed by atoms with Crippen LogP contribution in [-0.4, -0.2) is 40.8 Å². The molecule has 0 amide bonds. The predicted molar refractivity (Wildman–Crippen MR) is 66.9 cm³/mol. The molecule has 0 bridgehead atoms. The largest absolute Gasteiger partial charge is 0.504 e. The molecule has 3 atom stereocenters. The Morgan fingerprint density at radius 1 is 0.941 bits per heavy atom. The maximum absolute atomic E-state index is 5.96. The summed E-state index contributed by atoms with van der Waals surface area (Å²) in [4.78, 5) is 0. The average molecular weight is 260 g/mol. The molecule has 2 fully saturated rings. The minimum absolute atomic E-state index is 0.422. The second-order valence-corrected chi connectivity index (χ2v) is 7.52. The van der Waals surface area contributed by atoms with Gasteiger partial charge in [0.25, 0.3) is 0 Å². The first-order valence-electron chi connectivity index (χ1n) is 6.83. The van der Waals surface area contributed by atoms with Crippen molar-refractivity contribution in [2.24, 2.45) is 0 Å². The van der Waals surface area contributed by atoms with Crippen molar-refractivity contribution >= 4 is 8.80 Å². The molecule has 1 aliphatic carbocycles. The normalized spacial score (nSPS) is 32.3. The zero-order chi connectivity index (χ0) is 12.3. The quantitative estimate of drug-likeness (QED) is 0.520. The number of fused-ring (bicyclic) bond motifs is 1. The van der Waals surface area contributed by atoms with Crippen molar-refractivity contribution in [3.8, 4) is 0 Å². The summed E-state index contributed by atoms with van der Waals surface area (Å²) in [5, 5.41) is 0. The minimum atomic E-state index is -2.49. The molecule has 4 nitrogen and oxygen atoms in total. The fourth-order valence-corrected chi connectivity index (χ4v) is 6.01. The van der Waals surface area contributed by atoms with Gasteiger partial charge in [-0.1, -0.05) is 0 Å². The maximum atomic E-state index is 5.96. The van der Waals surface area contributed by atoms with Crippen LogP contribution in [0.2, 0.25) is 5.54 Å². The lowest BCUT2D eigenvalue weighted by Gasteiger charge is -2.36. The third-order valence-corrected chi connectivity index (χ3v) is 7.14. The summed E-state index contributed by atoms with van der Waals surface area (Å²) in [6.07, 6.45) is 4.27. The first-order valence-corrected chi connectivity index (χ1v) is 8.63. The van der Waals surface area contributed by atoms with Gasteiger partial charge in [0, 0.05) is 25.4 Å². The van der Waals surface area contributed by atoms with Crippen LogP contribution in [0.3, 0.4) is 0 Å². The van der Waals surface area contributed by atoms with E-state index in [9.17, 15) is 0 Å². The van der Waals surface area contributed by atoms with E-state index >= 15 is 0 Å². The molecule has 0 aromatic rings. The van der Waals surface area contributed by atoms with E-state index in [1.54, 1.807) is 0 Å². The molecule has 100 valence electrons. The molecule has 5 heteroatoms. The van der Waals surface area contributed by atoms with Crippen molar-refractivity contribution < 1.29 is 18.0 Å². The second kappa shape index (κ2) is 5.80. The summed E-state index contributed by atoms with van der Waals surface area (Å²) in [5.74, 6) is 0. The first kappa shape index (κ1) is 13.5.